The van der Waals surface area contributed by atoms with Crippen molar-refractivity contribution in [2.45, 2.75) is 110 Å². The number of hydrazine groups is 1. The van der Waals surface area contributed by atoms with Crippen molar-refractivity contribution in [1.82, 2.24) is 29.4 Å². The van der Waals surface area contributed by atoms with Gasteiger partial charge in [-0.1, -0.05) is 83.0 Å². The number of hydrogen-bond acceptors (Lipinski definition) is 10. The quantitative estimate of drug-likeness (QED) is 0.0512. The van der Waals surface area contributed by atoms with Crippen molar-refractivity contribution < 1.29 is 28.7 Å². The summed E-state index contributed by atoms with van der Waals surface area (Å²) in [6.07, 6.45) is 14.2. The predicted molar refractivity (Wildman–Crippen MR) is 223 cm³/mol. The molecule has 15 heteroatoms. The highest BCUT2D eigenvalue weighted by Crippen LogP contribution is 2.23. The van der Waals surface area contributed by atoms with Gasteiger partial charge in [0, 0.05) is 59.1 Å². The van der Waals surface area contributed by atoms with Crippen LogP contribution in [-0.4, -0.2) is 126 Å². The topological polar surface area (TPSA) is 155 Å². The smallest absolute Gasteiger partial charge is 0.329 e. The summed E-state index contributed by atoms with van der Waals surface area (Å²) in [6.45, 7) is 15.4. The average molecular weight is 809 g/mol. The van der Waals surface area contributed by atoms with Crippen LogP contribution in [0.1, 0.15) is 91.0 Å². The Balaban J connectivity index is 1.37. The van der Waals surface area contributed by atoms with Crippen molar-refractivity contribution in [3.8, 4) is 0 Å². The van der Waals surface area contributed by atoms with E-state index >= 15 is 0 Å². The third kappa shape index (κ3) is 14.0. The third-order valence-electron chi connectivity index (χ3n) is 10.6. The molecule has 3 heterocycles. The lowest BCUT2D eigenvalue weighted by molar-refractivity contribution is -0.155. The summed E-state index contributed by atoms with van der Waals surface area (Å²) in [7, 11) is -1.55. The Kier molecular flexibility index (Phi) is 18.1. The Morgan fingerprint density at radius 2 is 1.54 bits per heavy atom. The van der Waals surface area contributed by atoms with Gasteiger partial charge in [-0.05, 0) is 50.8 Å². The van der Waals surface area contributed by atoms with E-state index < -0.39 is 55.6 Å². The molecule has 1 saturated heterocycles. The molecule has 2 aliphatic heterocycles. The van der Waals surface area contributed by atoms with Crippen molar-refractivity contribution in [3.63, 3.8) is 0 Å². The minimum Gasteiger partial charge on any atom is -0.464 e. The van der Waals surface area contributed by atoms with Gasteiger partial charge in [0.25, 0.3) is 17.4 Å². The predicted octanol–water partition coefficient (Wildman–Crippen LogP) is 4.86. The van der Waals surface area contributed by atoms with E-state index in [1.54, 1.807) is 24.3 Å². The van der Waals surface area contributed by atoms with E-state index in [1.807, 2.05) is 12.2 Å². The Hall–Kier alpha value is -4.18. The number of ether oxygens (including phenoxy) is 2. The summed E-state index contributed by atoms with van der Waals surface area (Å²) >= 11 is 0. The molecule has 1 N–H and O–H groups in total. The van der Waals surface area contributed by atoms with Gasteiger partial charge in [0.15, 0.2) is 0 Å². The van der Waals surface area contributed by atoms with E-state index in [2.05, 4.69) is 41.6 Å². The lowest BCUT2D eigenvalue weighted by Crippen LogP contribution is -2.51. The van der Waals surface area contributed by atoms with Crippen LogP contribution in [0, 0.1) is 6.92 Å². The zero-order chi connectivity index (χ0) is 41.4. The van der Waals surface area contributed by atoms with Crippen LogP contribution in [-0.2, 0) is 25.6 Å². The average Bonchev–Trinajstić information content (AvgIpc) is 3.42. The maximum Gasteiger partial charge on any atom is 0.329 e. The van der Waals surface area contributed by atoms with E-state index in [4.69, 9.17) is 9.47 Å². The van der Waals surface area contributed by atoms with Gasteiger partial charge in [0.2, 0.25) is 5.91 Å². The number of hydrogen-bond donors (Lipinski definition) is 1. The fraction of sp³-hybridized carbons (Fsp3) is 0.619. The first-order valence-electron chi connectivity index (χ1n) is 20.7. The Morgan fingerprint density at radius 3 is 2.18 bits per heavy atom. The van der Waals surface area contributed by atoms with Gasteiger partial charge in [0.1, 0.15) is 12.6 Å². The summed E-state index contributed by atoms with van der Waals surface area (Å²) in [5, 5.41) is 4.87. The van der Waals surface area contributed by atoms with Crippen LogP contribution in [0.3, 0.4) is 0 Å². The molecular formula is C42H64N6O8Si. The second-order valence-electron chi connectivity index (χ2n) is 16.2. The zero-order valence-electron chi connectivity index (χ0n) is 34.8. The van der Waals surface area contributed by atoms with Gasteiger partial charge in [-0.3, -0.25) is 33.6 Å². The molecule has 1 aromatic heterocycles. The number of H-pyrrole nitrogens is 1. The number of aromatic nitrogens is 2. The number of fused-ring (bicyclic) bond motifs is 1. The Labute approximate surface area is 338 Å². The van der Waals surface area contributed by atoms with E-state index in [-0.39, 0.29) is 42.8 Å². The molecule has 0 bridgehead atoms. The molecule has 0 saturated carbocycles. The molecule has 2 aliphatic rings. The normalized spacial score (nSPS) is 15.4. The lowest BCUT2D eigenvalue weighted by atomic mass is 10.1. The highest BCUT2D eigenvalue weighted by atomic mass is 28.3. The standard InChI is InChI=1S/C42H64N6O8Si/c1-6-45(46-25-27-55-28-26-46)22-18-14-12-10-8-7-9-11-13-15-21-36(41(53)56-29-30-57(3,4)5)47(37(49)32-44-31-33(2)38(50)43-42(44)54)23-24-48-39(51)34-19-16-17-20-35(34)40(48)52/h13,15-17,19-20,31,36H,6-12,14,18,21-30,32H2,1-5H3,(H,43,50,54)/b15-13+. The Bertz CT molecular complexity index is 1760. The number of morpholine rings is 1. The summed E-state index contributed by atoms with van der Waals surface area (Å²) in [5.74, 6) is -2.14. The van der Waals surface area contributed by atoms with Crippen molar-refractivity contribution in [2.24, 2.45) is 0 Å². The fourth-order valence-corrected chi connectivity index (χ4v) is 7.82. The fourth-order valence-electron chi connectivity index (χ4n) is 7.10. The molecule has 1 fully saturated rings. The number of aryl methyl sites for hydroxylation is 1. The molecule has 0 radical (unpaired) electrons. The lowest BCUT2D eigenvalue weighted by Gasteiger charge is -2.36. The molecule has 0 spiro atoms. The number of esters is 1. The van der Waals surface area contributed by atoms with Gasteiger partial charge in [-0.15, -0.1) is 0 Å². The number of benzene rings is 1. The van der Waals surface area contributed by atoms with Crippen molar-refractivity contribution in [2.75, 3.05) is 59.1 Å². The van der Waals surface area contributed by atoms with Crippen molar-refractivity contribution >= 4 is 31.8 Å². The number of rotatable bonds is 24. The van der Waals surface area contributed by atoms with Gasteiger partial charge in [0.05, 0.1) is 30.9 Å². The minimum absolute atomic E-state index is 0.151. The van der Waals surface area contributed by atoms with E-state index in [0.29, 0.717) is 0 Å². The van der Waals surface area contributed by atoms with Gasteiger partial charge in [-0.25, -0.2) is 19.6 Å². The number of carbonyl (C=O) groups excluding carboxylic acids is 4. The molecule has 314 valence electrons. The molecule has 14 nitrogen and oxygen atoms in total. The van der Waals surface area contributed by atoms with E-state index in [1.165, 1.54) is 43.7 Å². The molecule has 2 aromatic rings. The summed E-state index contributed by atoms with van der Waals surface area (Å²) in [4.78, 5) is 83.7. The summed E-state index contributed by atoms with van der Waals surface area (Å²) in [5.41, 5.74) is -0.514. The number of carbonyl (C=O) groups is 4. The second kappa shape index (κ2) is 22.7. The van der Waals surface area contributed by atoms with Crippen LogP contribution in [0.15, 0.2) is 52.2 Å². The number of allylic oxidation sites excluding steroid dienone is 1. The maximum atomic E-state index is 14.1. The monoisotopic (exact) mass is 808 g/mol. The number of amides is 3. The van der Waals surface area contributed by atoms with Crippen LogP contribution in [0.5, 0.6) is 0 Å². The molecular weight excluding hydrogens is 745 g/mol. The summed E-state index contributed by atoms with van der Waals surface area (Å²) in [6, 6.07) is 6.20. The number of unbranched alkanes of at least 4 members (excludes halogenated alkanes) is 7. The van der Waals surface area contributed by atoms with Gasteiger partial charge < -0.3 is 14.4 Å². The van der Waals surface area contributed by atoms with Gasteiger partial charge >= 0.3 is 11.7 Å². The molecule has 1 atom stereocenters. The number of nitrogens with one attached hydrogen (secondary N) is 1. The summed E-state index contributed by atoms with van der Waals surface area (Å²) < 4.78 is 12.4. The zero-order valence-corrected chi connectivity index (χ0v) is 35.8. The van der Waals surface area contributed by atoms with Crippen LogP contribution in [0.25, 0.3) is 0 Å². The van der Waals surface area contributed by atoms with Crippen molar-refractivity contribution in [3.05, 3.63) is 80.1 Å². The minimum atomic E-state index is -1.55. The third-order valence-corrected chi connectivity index (χ3v) is 12.3. The van der Waals surface area contributed by atoms with Crippen molar-refractivity contribution in [1.29, 1.82) is 0 Å². The van der Waals surface area contributed by atoms with Crippen LogP contribution in [0.2, 0.25) is 25.7 Å². The van der Waals surface area contributed by atoms with E-state index in [0.717, 1.165) is 80.6 Å². The molecule has 57 heavy (non-hydrogen) atoms. The number of aromatic amines is 1. The van der Waals surface area contributed by atoms with Crippen LogP contribution < -0.4 is 11.2 Å². The van der Waals surface area contributed by atoms with Gasteiger partial charge in [-0.2, -0.15) is 0 Å². The molecule has 1 aromatic carbocycles. The molecule has 3 amide bonds. The highest BCUT2D eigenvalue weighted by molar-refractivity contribution is 6.76. The highest BCUT2D eigenvalue weighted by Gasteiger charge is 2.37. The molecule has 0 aliphatic carbocycles. The maximum absolute atomic E-state index is 14.1. The first kappa shape index (κ1) is 45.5. The van der Waals surface area contributed by atoms with E-state index in [9.17, 15) is 28.8 Å². The van der Waals surface area contributed by atoms with Crippen LogP contribution >= 0.6 is 0 Å². The first-order chi connectivity index (χ1) is 27.3. The first-order valence-corrected chi connectivity index (χ1v) is 24.5. The van der Waals surface area contributed by atoms with Crippen LogP contribution in [0.4, 0.5) is 0 Å². The SMILES string of the molecule is CCN(CCCCCCCCC/C=C/CC(C(=O)OCC[Si](C)(C)C)N(CCN1C(=O)c2ccccc2C1=O)C(=O)Cn1cc(C)c(=O)[nH]c1=O)N1CCOCC1. The number of nitrogens with zero attached hydrogens (tertiary/aromatic N) is 5. The molecule has 4 rings (SSSR count). The Morgan fingerprint density at radius 1 is 0.912 bits per heavy atom. The largest absolute Gasteiger partial charge is 0.464 e. The molecule has 1 unspecified atom stereocenters. The second-order valence-corrected chi connectivity index (χ2v) is 21.8. The number of imide groups is 1.